The van der Waals surface area contributed by atoms with Crippen molar-refractivity contribution in [3.8, 4) is 11.6 Å². The van der Waals surface area contributed by atoms with Crippen LogP contribution in [0.25, 0.3) is 21.8 Å². The van der Waals surface area contributed by atoms with Crippen molar-refractivity contribution in [1.82, 2.24) is 15.0 Å². The maximum atomic E-state index is 12.9. The average Bonchev–Trinajstić information content (AvgIpc) is 3.25. The van der Waals surface area contributed by atoms with Gasteiger partial charge < -0.3 is 15.0 Å². The molecule has 0 fully saturated rings. The molecule has 0 radical (unpaired) electrons. The molecule has 2 aromatic heterocycles. The first kappa shape index (κ1) is 17.9. The van der Waals surface area contributed by atoms with E-state index in [4.69, 9.17) is 4.74 Å². The van der Waals surface area contributed by atoms with Crippen molar-refractivity contribution in [2.75, 3.05) is 5.32 Å². The van der Waals surface area contributed by atoms with Gasteiger partial charge in [-0.1, -0.05) is 30.3 Å². The Hall–Kier alpha value is -4.19. The first-order chi connectivity index (χ1) is 14.7. The maximum Gasteiger partial charge on any atom is 0.256 e. The van der Waals surface area contributed by atoms with Crippen molar-refractivity contribution < 1.29 is 9.53 Å². The lowest BCUT2D eigenvalue weighted by Crippen LogP contribution is -2.13. The summed E-state index contributed by atoms with van der Waals surface area (Å²) in [6.07, 6.45) is 3.26. The third-order valence-electron chi connectivity index (χ3n) is 5.02. The minimum absolute atomic E-state index is 0.145. The standard InChI is InChI=1S/C24H18N4O2/c1-15-5-2-3-8-21(15)28-23(29)19-7-4-6-16-13-17(9-10-18(16)19)30-24-20-11-12-25-22(20)26-14-27-24/h2-14H,1H3,(H,28,29)(H,25,26,27). The third-order valence-corrected chi connectivity index (χ3v) is 5.02. The highest BCUT2D eigenvalue weighted by atomic mass is 16.5. The number of hydrogen-bond donors (Lipinski definition) is 2. The summed E-state index contributed by atoms with van der Waals surface area (Å²) in [4.78, 5) is 24.4. The number of H-pyrrole nitrogens is 1. The van der Waals surface area contributed by atoms with Gasteiger partial charge in [0.25, 0.3) is 5.91 Å². The summed E-state index contributed by atoms with van der Waals surface area (Å²) in [7, 11) is 0. The van der Waals surface area contributed by atoms with Crippen LogP contribution in [0.3, 0.4) is 0 Å². The molecule has 0 bridgehead atoms. The lowest BCUT2D eigenvalue weighted by molar-refractivity contribution is 0.102. The van der Waals surface area contributed by atoms with Gasteiger partial charge in [0.05, 0.1) is 5.39 Å². The van der Waals surface area contributed by atoms with Gasteiger partial charge in [0, 0.05) is 17.4 Å². The first-order valence-electron chi connectivity index (χ1n) is 9.55. The molecule has 30 heavy (non-hydrogen) atoms. The molecule has 146 valence electrons. The van der Waals surface area contributed by atoms with E-state index in [1.807, 2.05) is 73.7 Å². The fourth-order valence-electron chi connectivity index (χ4n) is 3.47. The molecule has 6 nitrogen and oxygen atoms in total. The largest absolute Gasteiger partial charge is 0.438 e. The Balaban J connectivity index is 1.47. The Kier molecular flexibility index (Phi) is 4.37. The molecule has 3 aromatic carbocycles. The number of para-hydroxylation sites is 1. The van der Waals surface area contributed by atoms with Crippen LogP contribution < -0.4 is 10.1 Å². The number of rotatable bonds is 4. The molecule has 2 N–H and O–H groups in total. The second-order valence-electron chi connectivity index (χ2n) is 6.98. The Bertz CT molecular complexity index is 1390. The Morgan fingerprint density at radius 3 is 2.77 bits per heavy atom. The fraction of sp³-hybridized carbons (Fsp3) is 0.0417. The number of benzene rings is 3. The minimum Gasteiger partial charge on any atom is -0.438 e. The Labute approximate surface area is 172 Å². The van der Waals surface area contributed by atoms with Gasteiger partial charge >= 0.3 is 0 Å². The third kappa shape index (κ3) is 3.24. The van der Waals surface area contributed by atoms with Crippen LogP contribution in [-0.4, -0.2) is 20.9 Å². The number of fused-ring (bicyclic) bond motifs is 2. The molecule has 5 aromatic rings. The molecule has 0 spiro atoms. The molecule has 0 saturated carbocycles. The summed E-state index contributed by atoms with van der Waals surface area (Å²) < 4.78 is 6.00. The first-order valence-corrected chi connectivity index (χ1v) is 9.55. The molecule has 5 rings (SSSR count). The van der Waals surface area contributed by atoms with Crippen LogP contribution in [0.5, 0.6) is 11.6 Å². The van der Waals surface area contributed by atoms with Crippen molar-refractivity contribution in [2.45, 2.75) is 6.92 Å². The van der Waals surface area contributed by atoms with Crippen molar-refractivity contribution in [1.29, 1.82) is 0 Å². The van der Waals surface area contributed by atoms with Crippen molar-refractivity contribution >= 4 is 33.4 Å². The average molecular weight is 394 g/mol. The second kappa shape index (κ2) is 7.33. The van der Waals surface area contributed by atoms with Crippen LogP contribution in [-0.2, 0) is 0 Å². The minimum atomic E-state index is -0.145. The van der Waals surface area contributed by atoms with Gasteiger partial charge in [-0.05, 0) is 59.7 Å². The van der Waals surface area contributed by atoms with Crippen LogP contribution >= 0.6 is 0 Å². The van der Waals surface area contributed by atoms with E-state index in [9.17, 15) is 4.79 Å². The topological polar surface area (TPSA) is 79.9 Å². The summed E-state index contributed by atoms with van der Waals surface area (Å²) >= 11 is 0. The van der Waals surface area contributed by atoms with Gasteiger partial charge in [-0.15, -0.1) is 0 Å². The van der Waals surface area contributed by atoms with E-state index in [-0.39, 0.29) is 5.91 Å². The zero-order valence-electron chi connectivity index (χ0n) is 16.2. The number of aromatic amines is 1. The summed E-state index contributed by atoms with van der Waals surface area (Å²) in [5, 5.41) is 5.57. The quantitative estimate of drug-likeness (QED) is 0.424. The van der Waals surface area contributed by atoms with E-state index >= 15 is 0 Å². The van der Waals surface area contributed by atoms with Crippen molar-refractivity contribution in [2.24, 2.45) is 0 Å². The smallest absolute Gasteiger partial charge is 0.256 e. The van der Waals surface area contributed by atoms with Crippen LogP contribution in [0.15, 0.2) is 79.3 Å². The van der Waals surface area contributed by atoms with Gasteiger partial charge in [0.1, 0.15) is 17.7 Å². The SMILES string of the molecule is Cc1ccccc1NC(=O)c1cccc2cc(Oc3ncnc4[nH]ccc34)ccc12. The summed E-state index contributed by atoms with van der Waals surface area (Å²) in [5.74, 6) is 0.975. The van der Waals surface area contributed by atoms with Gasteiger partial charge in [-0.2, -0.15) is 0 Å². The number of nitrogens with zero attached hydrogens (tertiary/aromatic N) is 2. The normalized spacial score (nSPS) is 11.0. The van der Waals surface area contributed by atoms with Crippen LogP contribution in [0, 0.1) is 6.92 Å². The molecular weight excluding hydrogens is 376 g/mol. The van der Waals surface area contributed by atoms with Gasteiger partial charge in [-0.3, -0.25) is 4.79 Å². The fourth-order valence-corrected chi connectivity index (χ4v) is 3.47. The van der Waals surface area contributed by atoms with E-state index in [1.54, 1.807) is 6.20 Å². The lowest BCUT2D eigenvalue weighted by atomic mass is 10.0. The molecule has 0 aliphatic rings. The monoisotopic (exact) mass is 394 g/mol. The summed E-state index contributed by atoms with van der Waals surface area (Å²) in [5.41, 5.74) is 3.15. The van der Waals surface area contributed by atoms with Gasteiger partial charge in [0.2, 0.25) is 5.88 Å². The van der Waals surface area contributed by atoms with E-state index in [0.717, 1.165) is 33.1 Å². The highest BCUT2D eigenvalue weighted by Gasteiger charge is 2.13. The van der Waals surface area contributed by atoms with Crippen LogP contribution in [0.1, 0.15) is 15.9 Å². The Morgan fingerprint density at radius 1 is 0.967 bits per heavy atom. The summed E-state index contributed by atoms with van der Waals surface area (Å²) in [6, 6.07) is 20.9. The van der Waals surface area contributed by atoms with E-state index < -0.39 is 0 Å². The van der Waals surface area contributed by atoms with Crippen molar-refractivity contribution in [3.63, 3.8) is 0 Å². The molecule has 0 unspecified atom stereocenters. The molecule has 2 heterocycles. The maximum absolute atomic E-state index is 12.9. The molecule has 0 aliphatic heterocycles. The molecular formula is C24H18N4O2. The number of anilines is 1. The highest BCUT2D eigenvalue weighted by Crippen LogP contribution is 2.30. The number of aromatic nitrogens is 3. The van der Waals surface area contributed by atoms with Gasteiger partial charge in [0.15, 0.2) is 0 Å². The van der Waals surface area contributed by atoms with Crippen LogP contribution in [0.2, 0.25) is 0 Å². The number of carbonyl (C=O) groups excluding carboxylic acids is 1. The van der Waals surface area contributed by atoms with Crippen LogP contribution in [0.4, 0.5) is 5.69 Å². The number of nitrogens with one attached hydrogen (secondary N) is 2. The van der Waals surface area contributed by atoms with Gasteiger partial charge in [-0.25, -0.2) is 9.97 Å². The lowest BCUT2D eigenvalue weighted by Gasteiger charge is -2.11. The number of carbonyl (C=O) groups is 1. The zero-order valence-corrected chi connectivity index (χ0v) is 16.2. The predicted octanol–water partition coefficient (Wildman–Crippen LogP) is 5.46. The molecule has 0 saturated heterocycles. The number of hydrogen-bond acceptors (Lipinski definition) is 4. The van der Waals surface area contributed by atoms with E-state index in [2.05, 4.69) is 20.3 Å². The molecule has 0 atom stereocenters. The zero-order chi connectivity index (χ0) is 20.5. The molecule has 0 aliphatic carbocycles. The molecule has 6 heteroatoms. The van der Waals surface area contributed by atoms with E-state index in [1.165, 1.54) is 6.33 Å². The number of ether oxygens (including phenoxy) is 1. The highest BCUT2D eigenvalue weighted by molar-refractivity contribution is 6.13. The Morgan fingerprint density at radius 2 is 1.87 bits per heavy atom. The van der Waals surface area contributed by atoms with E-state index in [0.29, 0.717) is 17.2 Å². The predicted molar refractivity (Wildman–Crippen MR) is 117 cm³/mol. The number of amides is 1. The van der Waals surface area contributed by atoms with Crippen molar-refractivity contribution in [3.05, 3.63) is 90.4 Å². The number of aryl methyl sites for hydroxylation is 1. The second-order valence-corrected chi connectivity index (χ2v) is 6.98. The molecule has 1 amide bonds. The summed E-state index contributed by atoms with van der Waals surface area (Å²) in [6.45, 7) is 1.97.